The first-order chi connectivity index (χ1) is 6.12. The van der Waals surface area contributed by atoms with Crippen molar-refractivity contribution in [2.24, 2.45) is 0 Å². The van der Waals surface area contributed by atoms with Gasteiger partial charge in [-0.1, -0.05) is 12.2 Å². The van der Waals surface area contributed by atoms with Crippen molar-refractivity contribution in [2.45, 2.75) is 0 Å². The Hall–Kier alpha value is 0.0662. The Kier molecular flexibility index (Phi) is 12.7. The van der Waals surface area contributed by atoms with Crippen LogP contribution >= 0.6 is 0 Å². The molecule has 0 amide bonds. The Morgan fingerprint density at radius 2 is 1.07 bits per heavy atom. The zero-order chi connectivity index (χ0) is 11.8. The van der Waals surface area contributed by atoms with Crippen LogP contribution in [-0.4, -0.2) is 60.5 Å². The van der Waals surface area contributed by atoms with Gasteiger partial charge in [-0.2, -0.15) is 0 Å². The van der Waals surface area contributed by atoms with E-state index < -0.39 is 31.7 Å². The Bertz CT molecular complexity index is 330. The monoisotopic (exact) mass is 266 g/mol. The Balaban J connectivity index is -0.000000180. The smallest absolute Gasteiger partial charge is 0.748 e. The molecule has 0 unspecified atom stereocenters. The van der Waals surface area contributed by atoms with Crippen molar-refractivity contribution >= 4 is 43.3 Å². The molecule has 0 atom stereocenters. The number of rotatable bonds is 4. The molecular weight excluding hydrogens is 256 g/mol. The predicted octanol–water partition coefficient (Wildman–Crippen LogP) is -0.946. The molecule has 0 saturated carbocycles. The Morgan fingerprint density at radius 1 is 0.867 bits per heavy atom. The zero-order valence-corrected chi connectivity index (χ0v) is 11.0. The summed E-state index contributed by atoms with van der Waals surface area (Å²) in [5.41, 5.74) is 0. The topological polar surface area (TPSA) is 114 Å². The second kappa shape index (κ2) is 9.30. The molecule has 6 nitrogen and oxygen atoms in total. The van der Waals surface area contributed by atoms with E-state index in [0.717, 1.165) is 12.2 Å². The summed E-state index contributed by atoms with van der Waals surface area (Å²) >= 11 is 0. The van der Waals surface area contributed by atoms with Crippen LogP contribution in [0.15, 0.2) is 25.3 Å². The van der Waals surface area contributed by atoms with Crippen LogP contribution in [0, 0.1) is 0 Å². The average Bonchev–Trinajstić information content (AvgIpc) is 1.81. The van der Waals surface area contributed by atoms with Crippen LogP contribution in [0.25, 0.3) is 0 Å². The third kappa shape index (κ3) is 31.5. The van der Waals surface area contributed by atoms with Gasteiger partial charge in [-0.05, 0) is 0 Å². The fraction of sp³-hybridized carbons (Fsp3) is 0.333. The minimum Gasteiger partial charge on any atom is -0.748 e. The van der Waals surface area contributed by atoms with Gasteiger partial charge >= 0.3 is 23.1 Å². The largest absolute Gasteiger partial charge is 2.00 e. The molecule has 9 heteroatoms. The minimum absolute atomic E-state index is 0. The predicted molar refractivity (Wildman–Crippen MR) is 55.3 cm³/mol. The minimum atomic E-state index is -4.04. The van der Waals surface area contributed by atoms with Gasteiger partial charge in [0.15, 0.2) is 0 Å². The second-order valence-electron chi connectivity index (χ2n) is 2.03. The molecule has 0 saturated heterocycles. The standard InChI is InChI=1S/2C3H6O3S.Mg/c2*1-2-3-7(4,5)6;/h2*2H,1,3H2,(H,4,5,6);/q;;+2/p-2. The molecule has 0 fully saturated rings. The molecule has 0 aromatic heterocycles. The maximum Gasteiger partial charge on any atom is 2.00 e. The third-order valence-electron chi connectivity index (χ3n) is 0.644. The van der Waals surface area contributed by atoms with Crippen LogP contribution in [-0.2, 0) is 20.2 Å². The van der Waals surface area contributed by atoms with E-state index >= 15 is 0 Å². The third-order valence-corrected chi connectivity index (χ3v) is 1.93. The molecular formula is C6H10MgO6S2. The van der Waals surface area contributed by atoms with E-state index in [2.05, 4.69) is 13.2 Å². The van der Waals surface area contributed by atoms with Gasteiger partial charge in [0.1, 0.15) is 0 Å². The van der Waals surface area contributed by atoms with Gasteiger partial charge in [-0.15, -0.1) is 13.2 Å². The summed E-state index contributed by atoms with van der Waals surface area (Å²) in [5, 5.41) is 0. The molecule has 84 valence electrons. The summed E-state index contributed by atoms with van der Waals surface area (Å²) < 4.78 is 57.6. The van der Waals surface area contributed by atoms with Crippen molar-refractivity contribution in [1.29, 1.82) is 0 Å². The van der Waals surface area contributed by atoms with Crippen molar-refractivity contribution in [3.8, 4) is 0 Å². The van der Waals surface area contributed by atoms with Gasteiger partial charge in [-0.25, -0.2) is 16.8 Å². The normalized spacial score (nSPS) is 10.3. The molecule has 0 aliphatic heterocycles. The first-order valence-corrected chi connectivity index (χ1v) is 6.37. The van der Waals surface area contributed by atoms with E-state index in [1.54, 1.807) is 0 Å². The molecule has 0 heterocycles. The second-order valence-corrected chi connectivity index (χ2v) is 4.92. The summed E-state index contributed by atoms with van der Waals surface area (Å²) in [4.78, 5) is 0. The van der Waals surface area contributed by atoms with Crippen molar-refractivity contribution in [3.05, 3.63) is 25.3 Å². The molecule has 0 aliphatic carbocycles. The van der Waals surface area contributed by atoms with E-state index in [-0.39, 0.29) is 23.1 Å². The van der Waals surface area contributed by atoms with Crippen LogP contribution in [0.4, 0.5) is 0 Å². The average molecular weight is 267 g/mol. The number of hydrogen-bond donors (Lipinski definition) is 0. The van der Waals surface area contributed by atoms with E-state index in [4.69, 9.17) is 0 Å². The zero-order valence-electron chi connectivity index (χ0n) is 7.96. The fourth-order valence-electron chi connectivity index (χ4n) is 0.289. The summed E-state index contributed by atoms with van der Waals surface area (Å²) in [6, 6.07) is 0. The van der Waals surface area contributed by atoms with Crippen molar-refractivity contribution in [3.63, 3.8) is 0 Å². The van der Waals surface area contributed by atoms with Crippen LogP contribution in [0.3, 0.4) is 0 Å². The van der Waals surface area contributed by atoms with Gasteiger partial charge < -0.3 is 9.11 Å². The first-order valence-electron chi connectivity index (χ1n) is 3.21. The number of hydrogen-bond acceptors (Lipinski definition) is 6. The fourth-order valence-corrected chi connectivity index (χ4v) is 0.866. The van der Waals surface area contributed by atoms with Gasteiger partial charge in [0.25, 0.3) is 0 Å². The quantitative estimate of drug-likeness (QED) is 0.368. The summed E-state index contributed by atoms with van der Waals surface area (Å²) in [6.07, 6.45) is 2.12. The Labute approximate surface area is 106 Å². The maximum absolute atomic E-state index is 9.60. The Morgan fingerprint density at radius 3 is 1.07 bits per heavy atom. The molecule has 15 heavy (non-hydrogen) atoms. The van der Waals surface area contributed by atoms with Gasteiger partial charge in [0.05, 0.1) is 31.7 Å². The molecule has 0 bridgehead atoms. The summed E-state index contributed by atoms with van der Waals surface area (Å²) in [5.74, 6) is -0.958. The van der Waals surface area contributed by atoms with Crippen LogP contribution < -0.4 is 0 Å². The molecule has 0 aromatic carbocycles. The van der Waals surface area contributed by atoms with Crippen LogP contribution in [0.2, 0.25) is 0 Å². The summed E-state index contributed by atoms with van der Waals surface area (Å²) in [7, 11) is -8.08. The van der Waals surface area contributed by atoms with Gasteiger partial charge in [-0.3, -0.25) is 0 Å². The van der Waals surface area contributed by atoms with E-state index in [0.29, 0.717) is 0 Å². The van der Waals surface area contributed by atoms with E-state index in [1.165, 1.54) is 0 Å². The van der Waals surface area contributed by atoms with E-state index in [9.17, 15) is 25.9 Å². The molecule has 0 radical (unpaired) electrons. The molecule has 0 aliphatic rings. The van der Waals surface area contributed by atoms with Gasteiger partial charge in [0.2, 0.25) is 0 Å². The molecule has 0 rings (SSSR count). The van der Waals surface area contributed by atoms with E-state index in [1.807, 2.05) is 0 Å². The first kappa shape index (κ1) is 20.5. The molecule has 0 spiro atoms. The van der Waals surface area contributed by atoms with Gasteiger partial charge in [0, 0.05) is 0 Å². The molecule has 0 aromatic rings. The molecule has 0 N–H and O–H groups in total. The van der Waals surface area contributed by atoms with Crippen LogP contribution in [0.5, 0.6) is 0 Å². The maximum atomic E-state index is 9.60. The van der Waals surface area contributed by atoms with Crippen molar-refractivity contribution < 1.29 is 25.9 Å². The van der Waals surface area contributed by atoms with Crippen molar-refractivity contribution in [2.75, 3.05) is 11.5 Å². The summed E-state index contributed by atoms with van der Waals surface area (Å²) in [6.45, 7) is 6.13. The van der Waals surface area contributed by atoms with Crippen LogP contribution in [0.1, 0.15) is 0 Å². The SMILES string of the molecule is C=CCS(=O)(=O)[O-].C=CCS(=O)(=O)[O-].[Mg+2]. The van der Waals surface area contributed by atoms with Crippen molar-refractivity contribution in [1.82, 2.24) is 0 Å².